The Morgan fingerprint density at radius 2 is 1.83 bits per heavy atom. The monoisotopic (exact) mass is 474 g/mol. The van der Waals surface area contributed by atoms with E-state index in [2.05, 4.69) is 20.4 Å². The molecule has 11 heteroatoms. The Labute approximate surface area is 195 Å². The zero-order valence-electron chi connectivity index (χ0n) is 17.9. The summed E-state index contributed by atoms with van der Waals surface area (Å²) in [5, 5.41) is 0.870. The molecule has 0 fully saturated rings. The molecule has 5 rings (SSSR count). The fourth-order valence-electron chi connectivity index (χ4n) is 3.74. The van der Waals surface area contributed by atoms with Crippen molar-refractivity contribution >= 4 is 22.4 Å². The first kappa shape index (κ1) is 21.9. The predicted octanol–water partition coefficient (Wildman–Crippen LogP) is 2.32. The molecule has 0 unspecified atom stereocenters. The van der Waals surface area contributed by atoms with Crippen LogP contribution < -0.4 is 16.7 Å². The summed E-state index contributed by atoms with van der Waals surface area (Å²) in [5.41, 5.74) is 2.13. The Kier molecular flexibility index (Phi) is 5.49. The zero-order chi connectivity index (χ0) is 24.5. The highest BCUT2D eigenvalue weighted by Gasteiger charge is 2.19. The molecule has 0 spiro atoms. The second kappa shape index (κ2) is 8.78. The molecular weight excluding hydrogens is 458 g/mol. The molecule has 2 aromatic carbocycles. The van der Waals surface area contributed by atoms with E-state index in [1.54, 1.807) is 24.5 Å². The standard InChI is InChI=1S/C24H16F2N6O3/c25-17-10-14(13-31-19-4-1-3-18(26)20(19)22(33)30-24(31)35)9-16(11-17)23(34)32-8-5-15(12-29-32)21-27-6-2-7-28-21/h1-12,29H,13H2,(H,30,33,35). The number of halogens is 2. The van der Waals surface area contributed by atoms with Gasteiger partial charge >= 0.3 is 5.69 Å². The van der Waals surface area contributed by atoms with Gasteiger partial charge in [-0.1, -0.05) is 6.07 Å². The second-order valence-corrected chi connectivity index (χ2v) is 7.62. The van der Waals surface area contributed by atoms with Crippen LogP contribution in [-0.4, -0.2) is 30.4 Å². The van der Waals surface area contributed by atoms with Gasteiger partial charge in [-0.25, -0.2) is 28.6 Å². The van der Waals surface area contributed by atoms with Gasteiger partial charge in [0.1, 0.15) is 11.6 Å². The van der Waals surface area contributed by atoms with Crippen LogP contribution in [0.2, 0.25) is 0 Å². The molecule has 0 saturated heterocycles. The van der Waals surface area contributed by atoms with E-state index in [1.165, 1.54) is 30.6 Å². The molecule has 2 N–H and O–H groups in total. The number of carbonyl (C=O) groups is 1. The molecule has 1 aliphatic heterocycles. The molecule has 3 heterocycles. The van der Waals surface area contributed by atoms with Crippen molar-refractivity contribution in [3.05, 3.63) is 123 Å². The Hall–Kier alpha value is -4.93. The zero-order valence-corrected chi connectivity index (χ0v) is 17.9. The third-order valence-corrected chi connectivity index (χ3v) is 5.33. The molecule has 174 valence electrons. The lowest BCUT2D eigenvalue weighted by Crippen LogP contribution is -2.37. The van der Waals surface area contributed by atoms with E-state index >= 15 is 0 Å². The number of aromatic amines is 1. The Morgan fingerprint density at radius 1 is 1.03 bits per heavy atom. The maximum atomic E-state index is 14.4. The first-order valence-corrected chi connectivity index (χ1v) is 10.4. The average molecular weight is 474 g/mol. The summed E-state index contributed by atoms with van der Waals surface area (Å²) >= 11 is 0. The number of benzene rings is 2. The third-order valence-electron chi connectivity index (χ3n) is 5.33. The second-order valence-electron chi connectivity index (χ2n) is 7.62. The van der Waals surface area contributed by atoms with Crippen LogP contribution in [0.25, 0.3) is 16.5 Å². The van der Waals surface area contributed by atoms with Crippen molar-refractivity contribution in [2.45, 2.75) is 6.54 Å². The van der Waals surface area contributed by atoms with Crippen LogP contribution in [-0.2, 0) is 6.54 Å². The minimum atomic E-state index is -0.856. The number of hydrazine groups is 1. The van der Waals surface area contributed by atoms with Gasteiger partial charge in [0.2, 0.25) is 0 Å². The number of carbonyl (C=O) groups excluding carboxylic acids is 1. The summed E-state index contributed by atoms with van der Waals surface area (Å²) in [4.78, 5) is 47.8. The smallest absolute Gasteiger partial charge is 0.298 e. The summed E-state index contributed by atoms with van der Waals surface area (Å²) in [5.74, 6) is -1.58. The molecule has 4 aromatic rings. The lowest BCUT2D eigenvalue weighted by molar-refractivity contribution is 0.0779. The van der Waals surface area contributed by atoms with Gasteiger partial charge in [-0.3, -0.25) is 24.6 Å². The number of allylic oxidation sites excluding steroid dienone is 2. The van der Waals surface area contributed by atoms with Crippen LogP contribution in [0.3, 0.4) is 0 Å². The Morgan fingerprint density at radius 3 is 2.57 bits per heavy atom. The predicted molar refractivity (Wildman–Crippen MR) is 123 cm³/mol. The Balaban J connectivity index is 1.44. The lowest BCUT2D eigenvalue weighted by atomic mass is 10.1. The van der Waals surface area contributed by atoms with Crippen LogP contribution in [0.5, 0.6) is 0 Å². The van der Waals surface area contributed by atoms with E-state index in [0.29, 0.717) is 11.4 Å². The maximum absolute atomic E-state index is 14.4. The normalized spacial score (nSPS) is 13.0. The minimum absolute atomic E-state index is 0.0120. The number of hydrogen-bond donors (Lipinski definition) is 2. The van der Waals surface area contributed by atoms with Crippen molar-refractivity contribution in [1.29, 1.82) is 0 Å². The van der Waals surface area contributed by atoms with E-state index < -0.39 is 28.8 Å². The van der Waals surface area contributed by atoms with E-state index in [1.807, 2.05) is 0 Å². The van der Waals surface area contributed by atoms with Crippen molar-refractivity contribution in [3.8, 4) is 0 Å². The van der Waals surface area contributed by atoms with Crippen molar-refractivity contribution in [2.24, 2.45) is 0 Å². The number of fused-ring (bicyclic) bond motifs is 1. The van der Waals surface area contributed by atoms with E-state index in [9.17, 15) is 23.2 Å². The number of H-pyrrole nitrogens is 1. The number of amides is 1. The van der Waals surface area contributed by atoms with Crippen molar-refractivity contribution in [3.63, 3.8) is 0 Å². The van der Waals surface area contributed by atoms with Crippen molar-refractivity contribution in [2.75, 3.05) is 0 Å². The molecule has 0 bridgehead atoms. The highest BCUT2D eigenvalue weighted by Crippen LogP contribution is 2.18. The molecule has 0 aliphatic carbocycles. The molecule has 1 amide bonds. The molecule has 35 heavy (non-hydrogen) atoms. The largest absolute Gasteiger partial charge is 0.329 e. The molecule has 9 nitrogen and oxygen atoms in total. The summed E-state index contributed by atoms with van der Waals surface area (Å²) < 4.78 is 29.8. The SMILES string of the molecule is O=C(c1cc(F)cc(Cn2c(=O)[nH]c(=O)c3c(F)cccc32)c1)N1C=CC(c2ncccn2)=CN1. The quantitative estimate of drug-likeness (QED) is 0.470. The molecule has 0 saturated carbocycles. The summed E-state index contributed by atoms with van der Waals surface area (Å²) in [7, 11) is 0. The fraction of sp³-hybridized carbons (Fsp3) is 0.0417. The summed E-state index contributed by atoms with van der Waals surface area (Å²) in [6, 6.07) is 9.21. The minimum Gasteiger partial charge on any atom is -0.298 e. The summed E-state index contributed by atoms with van der Waals surface area (Å²) in [6.45, 7) is -0.202. The van der Waals surface area contributed by atoms with Gasteiger partial charge in [0.25, 0.3) is 11.5 Å². The van der Waals surface area contributed by atoms with Gasteiger partial charge in [0, 0.05) is 35.9 Å². The highest BCUT2D eigenvalue weighted by atomic mass is 19.1. The van der Waals surface area contributed by atoms with Gasteiger partial charge in [-0.2, -0.15) is 0 Å². The first-order valence-electron chi connectivity index (χ1n) is 10.4. The van der Waals surface area contributed by atoms with E-state index in [4.69, 9.17) is 0 Å². The van der Waals surface area contributed by atoms with E-state index in [0.717, 1.165) is 27.8 Å². The van der Waals surface area contributed by atoms with Gasteiger partial charge in [-0.05, 0) is 48.0 Å². The van der Waals surface area contributed by atoms with Crippen molar-refractivity contribution < 1.29 is 13.6 Å². The van der Waals surface area contributed by atoms with Crippen LogP contribution in [0.4, 0.5) is 8.78 Å². The van der Waals surface area contributed by atoms with Gasteiger partial charge in [0.05, 0.1) is 17.4 Å². The van der Waals surface area contributed by atoms with Crippen LogP contribution in [0.1, 0.15) is 21.7 Å². The number of nitrogens with one attached hydrogen (secondary N) is 2. The number of nitrogens with zero attached hydrogens (tertiary/aromatic N) is 4. The molecular formula is C24H16F2N6O3. The number of hydrogen-bond acceptors (Lipinski definition) is 6. The Bertz CT molecular complexity index is 1640. The molecule has 0 atom stereocenters. The molecule has 2 aromatic heterocycles. The summed E-state index contributed by atoms with van der Waals surface area (Å²) in [6.07, 6.45) is 7.81. The number of rotatable bonds is 4. The van der Waals surface area contributed by atoms with Crippen molar-refractivity contribution in [1.82, 2.24) is 30.0 Å². The first-order chi connectivity index (χ1) is 16.9. The molecule has 0 radical (unpaired) electrons. The maximum Gasteiger partial charge on any atom is 0.329 e. The van der Waals surface area contributed by atoms with Crippen LogP contribution in [0.15, 0.2) is 82.9 Å². The fourth-order valence-corrected chi connectivity index (χ4v) is 3.74. The average Bonchev–Trinajstić information content (AvgIpc) is 2.86. The molecule has 1 aliphatic rings. The van der Waals surface area contributed by atoms with E-state index in [-0.39, 0.29) is 28.6 Å². The lowest BCUT2D eigenvalue weighted by Gasteiger charge is -2.22. The van der Waals surface area contributed by atoms with Gasteiger partial charge in [-0.15, -0.1) is 0 Å². The highest BCUT2D eigenvalue weighted by molar-refractivity contribution is 5.95. The van der Waals surface area contributed by atoms with Crippen LogP contribution in [0, 0.1) is 11.6 Å². The van der Waals surface area contributed by atoms with Gasteiger partial charge in [0.15, 0.2) is 5.82 Å². The topological polar surface area (TPSA) is 113 Å². The van der Waals surface area contributed by atoms with Crippen LogP contribution >= 0.6 is 0 Å². The third kappa shape index (κ3) is 4.22. The van der Waals surface area contributed by atoms with Gasteiger partial charge < -0.3 is 0 Å². The number of aromatic nitrogens is 4.